The smallest absolute Gasteiger partial charge is 0.198 e. The van der Waals surface area contributed by atoms with Crippen LogP contribution in [0.15, 0.2) is 63.5 Å². The minimum absolute atomic E-state index is 0.0388. The normalized spacial score (nSPS) is 10.8. The van der Waals surface area contributed by atoms with Crippen molar-refractivity contribution in [2.45, 2.75) is 12.8 Å². The van der Waals surface area contributed by atoms with Crippen LogP contribution in [0.25, 0.3) is 11.0 Å². The Balaban J connectivity index is 1.77. The Hall–Kier alpha value is -1.87. The van der Waals surface area contributed by atoms with Crippen molar-refractivity contribution in [2.75, 3.05) is 0 Å². The minimum atomic E-state index is 0.0388. The summed E-state index contributed by atoms with van der Waals surface area (Å²) in [6.45, 7) is 0. The van der Waals surface area contributed by atoms with Crippen molar-refractivity contribution in [1.29, 1.82) is 0 Å². The van der Waals surface area contributed by atoms with Crippen molar-refractivity contribution in [2.24, 2.45) is 0 Å². The molecule has 0 amide bonds. The van der Waals surface area contributed by atoms with Crippen molar-refractivity contribution >= 4 is 32.7 Å². The van der Waals surface area contributed by atoms with Crippen LogP contribution in [0.4, 0.5) is 0 Å². The molecule has 0 radical (unpaired) electrons. The fraction of sp³-hybridized carbons (Fsp3) is 0.118. The second-order valence-corrected chi connectivity index (χ2v) is 5.53. The van der Waals surface area contributed by atoms with E-state index in [0.29, 0.717) is 12.2 Å². The molecular weight excluding hydrogens is 316 g/mol. The Kier molecular flexibility index (Phi) is 3.70. The largest absolute Gasteiger partial charge is 0.452 e. The average Bonchev–Trinajstić information content (AvgIpc) is 2.91. The van der Waals surface area contributed by atoms with Crippen LogP contribution in [0.3, 0.4) is 0 Å². The molecule has 0 atom stereocenters. The maximum atomic E-state index is 12.2. The molecule has 0 fully saturated rings. The molecule has 0 aliphatic heterocycles. The van der Waals surface area contributed by atoms with Crippen LogP contribution in [0, 0.1) is 0 Å². The first-order chi connectivity index (χ1) is 9.74. The van der Waals surface area contributed by atoms with Gasteiger partial charge in [0.05, 0.1) is 4.47 Å². The Morgan fingerprint density at radius 1 is 1.05 bits per heavy atom. The summed E-state index contributed by atoms with van der Waals surface area (Å²) in [6, 6.07) is 17.6. The minimum Gasteiger partial charge on any atom is -0.452 e. The number of para-hydroxylation sites is 1. The van der Waals surface area contributed by atoms with Crippen LogP contribution in [0.1, 0.15) is 22.5 Å². The molecule has 0 bridgehead atoms. The van der Waals surface area contributed by atoms with Gasteiger partial charge in [-0.05, 0) is 40.0 Å². The van der Waals surface area contributed by atoms with Gasteiger partial charge in [0.1, 0.15) is 5.58 Å². The molecule has 3 heteroatoms. The highest BCUT2D eigenvalue weighted by Crippen LogP contribution is 2.27. The summed E-state index contributed by atoms with van der Waals surface area (Å²) >= 11 is 3.43. The zero-order valence-corrected chi connectivity index (χ0v) is 12.4. The molecule has 0 saturated heterocycles. The predicted octanol–water partition coefficient (Wildman–Crippen LogP) is 5.01. The summed E-state index contributed by atoms with van der Waals surface area (Å²) in [5.74, 6) is 0.472. The summed E-state index contributed by atoms with van der Waals surface area (Å²) < 4.78 is 6.52. The fourth-order valence-electron chi connectivity index (χ4n) is 2.19. The molecule has 100 valence electrons. The van der Waals surface area contributed by atoms with E-state index >= 15 is 0 Å². The van der Waals surface area contributed by atoms with Crippen LogP contribution in [0.2, 0.25) is 0 Å². The molecule has 0 spiro atoms. The lowest BCUT2D eigenvalue weighted by Gasteiger charge is -1.98. The quantitative estimate of drug-likeness (QED) is 0.630. The van der Waals surface area contributed by atoms with Gasteiger partial charge in [-0.1, -0.05) is 42.5 Å². The van der Waals surface area contributed by atoms with Gasteiger partial charge in [-0.15, -0.1) is 0 Å². The van der Waals surface area contributed by atoms with Crippen LogP contribution in [-0.4, -0.2) is 5.78 Å². The number of fused-ring (bicyclic) bond motifs is 1. The van der Waals surface area contributed by atoms with Crippen LogP contribution < -0.4 is 0 Å². The number of carbonyl (C=O) groups is 1. The SMILES string of the molecule is O=C(CCc1ccccc1)c1cc2cccc(Br)c2o1. The molecule has 1 aromatic heterocycles. The van der Waals surface area contributed by atoms with Gasteiger partial charge < -0.3 is 4.42 Å². The first-order valence-corrected chi connectivity index (χ1v) is 7.28. The summed E-state index contributed by atoms with van der Waals surface area (Å²) in [6.07, 6.45) is 1.19. The van der Waals surface area contributed by atoms with Gasteiger partial charge in [0.15, 0.2) is 11.5 Å². The number of Topliss-reactive ketones (excluding diaryl/α,β-unsaturated/α-hetero) is 1. The summed E-state index contributed by atoms with van der Waals surface area (Å²) in [5, 5.41) is 0.947. The number of furan rings is 1. The molecule has 0 unspecified atom stereocenters. The highest BCUT2D eigenvalue weighted by atomic mass is 79.9. The number of rotatable bonds is 4. The van der Waals surface area contributed by atoms with Crippen LogP contribution >= 0.6 is 15.9 Å². The van der Waals surface area contributed by atoms with Crippen molar-refractivity contribution in [3.8, 4) is 0 Å². The first kappa shape index (κ1) is 13.1. The number of benzene rings is 2. The van der Waals surface area contributed by atoms with Gasteiger partial charge in [0.25, 0.3) is 0 Å². The van der Waals surface area contributed by atoms with Crippen molar-refractivity contribution in [1.82, 2.24) is 0 Å². The lowest BCUT2D eigenvalue weighted by Crippen LogP contribution is -1.99. The zero-order chi connectivity index (χ0) is 13.9. The van der Waals surface area contributed by atoms with E-state index < -0.39 is 0 Å². The molecule has 0 aliphatic rings. The molecule has 2 aromatic carbocycles. The third-order valence-corrected chi connectivity index (χ3v) is 3.88. The fourth-order valence-corrected chi connectivity index (χ4v) is 2.65. The van der Waals surface area contributed by atoms with E-state index in [-0.39, 0.29) is 5.78 Å². The second kappa shape index (κ2) is 5.63. The predicted molar refractivity (Wildman–Crippen MR) is 83.0 cm³/mol. The molecule has 3 rings (SSSR count). The van der Waals surface area contributed by atoms with Gasteiger partial charge in [-0.2, -0.15) is 0 Å². The molecule has 20 heavy (non-hydrogen) atoms. The van der Waals surface area contributed by atoms with E-state index in [1.807, 2.05) is 54.6 Å². The second-order valence-electron chi connectivity index (χ2n) is 4.68. The molecular formula is C17H13BrO2. The molecule has 2 nitrogen and oxygen atoms in total. The molecule has 1 heterocycles. The van der Waals surface area contributed by atoms with Gasteiger partial charge >= 0.3 is 0 Å². The topological polar surface area (TPSA) is 30.2 Å². The number of carbonyl (C=O) groups excluding carboxylic acids is 1. The number of hydrogen-bond acceptors (Lipinski definition) is 2. The number of halogens is 1. The molecule has 0 aliphatic carbocycles. The highest BCUT2D eigenvalue weighted by molar-refractivity contribution is 9.10. The Bertz CT molecular complexity index is 744. The summed E-state index contributed by atoms with van der Waals surface area (Å²) in [4.78, 5) is 12.2. The van der Waals surface area contributed by atoms with Gasteiger partial charge in [0.2, 0.25) is 0 Å². The van der Waals surface area contributed by atoms with Gasteiger partial charge in [-0.3, -0.25) is 4.79 Å². The van der Waals surface area contributed by atoms with Crippen molar-refractivity contribution < 1.29 is 9.21 Å². The number of hydrogen-bond donors (Lipinski definition) is 0. The van der Waals surface area contributed by atoms with Crippen LogP contribution in [-0.2, 0) is 6.42 Å². The standard InChI is InChI=1S/C17H13BrO2/c18-14-8-4-7-13-11-16(20-17(13)14)15(19)10-9-12-5-2-1-3-6-12/h1-8,11H,9-10H2. The molecule has 0 N–H and O–H groups in total. The van der Waals surface area contributed by atoms with Gasteiger partial charge in [0, 0.05) is 11.8 Å². The van der Waals surface area contributed by atoms with Crippen LogP contribution in [0.5, 0.6) is 0 Å². The van der Waals surface area contributed by atoms with Gasteiger partial charge in [-0.25, -0.2) is 0 Å². The van der Waals surface area contributed by atoms with E-state index in [9.17, 15) is 4.79 Å². The third-order valence-electron chi connectivity index (χ3n) is 3.25. The third kappa shape index (κ3) is 2.68. The van der Waals surface area contributed by atoms with E-state index in [1.54, 1.807) is 0 Å². The van der Waals surface area contributed by atoms with E-state index in [1.165, 1.54) is 0 Å². The summed E-state index contributed by atoms with van der Waals surface area (Å²) in [7, 11) is 0. The average molecular weight is 329 g/mol. The maximum Gasteiger partial charge on any atom is 0.198 e. The number of aryl methyl sites for hydroxylation is 1. The Labute approximate surface area is 125 Å². The zero-order valence-electron chi connectivity index (χ0n) is 10.8. The monoisotopic (exact) mass is 328 g/mol. The molecule has 3 aromatic rings. The van der Waals surface area contributed by atoms with Crippen molar-refractivity contribution in [3.05, 3.63) is 70.4 Å². The van der Waals surface area contributed by atoms with Crippen molar-refractivity contribution in [3.63, 3.8) is 0 Å². The maximum absolute atomic E-state index is 12.2. The molecule has 0 saturated carbocycles. The van der Waals surface area contributed by atoms with E-state index in [4.69, 9.17) is 4.42 Å². The summed E-state index contributed by atoms with van der Waals surface area (Å²) in [5.41, 5.74) is 1.90. The lowest BCUT2D eigenvalue weighted by molar-refractivity contribution is 0.0958. The highest BCUT2D eigenvalue weighted by Gasteiger charge is 2.13. The van der Waals surface area contributed by atoms with E-state index in [0.717, 1.165) is 27.4 Å². The number of ketones is 1. The lowest BCUT2D eigenvalue weighted by atomic mass is 10.1. The Morgan fingerprint density at radius 3 is 2.60 bits per heavy atom. The Morgan fingerprint density at radius 2 is 1.85 bits per heavy atom. The first-order valence-electron chi connectivity index (χ1n) is 6.49. The van der Waals surface area contributed by atoms with E-state index in [2.05, 4.69) is 15.9 Å².